The highest BCUT2D eigenvalue weighted by atomic mass is 79.9. The van der Waals surface area contributed by atoms with Crippen molar-refractivity contribution < 1.29 is 0 Å². The highest BCUT2D eigenvalue weighted by Gasteiger charge is 2.44. The summed E-state index contributed by atoms with van der Waals surface area (Å²) in [4.78, 5) is 0. The standard InChI is InChI=1S/C17H20BrNS/c1-2-8-19-17(15-10-20-11-16(15)18)14-9-13(14)12-6-4-3-5-7-12/h3-7,10-11,13-14,17,19H,2,8-9H2,1H3. The molecule has 1 saturated carbocycles. The summed E-state index contributed by atoms with van der Waals surface area (Å²) in [7, 11) is 0. The molecule has 1 fully saturated rings. The van der Waals surface area contributed by atoms with Crippen LogP contribution >= 0.6 is 27.3 Å². The van der Waals surface area contributed by atoms with E-state index in [1.54, 1.807) is 11.3 Å². The monoisotopic (exact) mass is 349 g/mol. The fourth-order valence-electron chi connectivity index (χ4n) is 2.97. The SMILES string of the molecule is CCCNC(c1cscc1Br)C1CC1c1ccccc1. The molecule has 2 aromatic rings. The summed E-state index contributed by atoms with van der Waals surface area (Å²) < 4.78 is 1.26. The van der Waals surface area contributed by atoms with Crippen molar-refractivity contribution in [3.05, 3.63) is 56.7 Å². The van der Waals surface area contributed by atoms with E-state index >= 15 is 0 Å². The molecule has 3 atom stereocenters. The molecule has 0 spiro atoms. The second kappa shape index (κ2) is 6.42. The van der Waals surface area contributed by atoms with Crippen LogP contribution in [-0.4, -0.2) is 6.54 Å². The van der Waals surface area contributed by atoms with Crippen LogP contribution in [0.1, 0.15) is 42.9 Å². The van der Waals surface area contributed by atoms with E-state index < -0.39 is 0 Å². The summed E-state index contributed by atoms with van der Waals surface area (Å²) >= 11 is 5.48. The summed E-state index contributed by atoms with van der Waals surface area (Å²) in [5, 5.41) is 8.23. The highest BCUT2D eigenvalue weighted by Crippen LogP contribution is 2.55. The number of benzene rings is 1. The molecule has 0 amide bonds. The van der Waals surface area contributed by atoms with Crippen LogP contribution < -0.4 is 5.32 Å². The molecule has 0 saturated heterocycles. The number of hydrogen-bond donors (Lipinski definition) is 1. The lowest BCUT2D eigenvalue weighted by atomic mass is 10.0. The lowest BCUT2D eigenvalue weighted by molar-refractivity contribution is 0.473. The molecule has 1 heterocycles. The van der Waals surface area contributed by atoms with Gasteiger partial charge >= 0.3 is 0 Å². The van der Waals surface area contributed by atoms with Gasteiger partial charge in [-0.15, -0.1) is 0 Å². The van der Waals surface area contributed by atoms with Gasteiger partial charge in [-0.1, -0.05) is 37.3 Å². The fourth-order valence-corrected chi connectivity index (χ4v) is 4.55. The predicted molar refractivity (Wildman–Crippen MR) is 90.3 cm³/mol. The molecular formula is C17H20BrNS. The molecule has 1 aromatic carbocycles. The largest absolute Gasteiger partial charge is 0.310 e. The Morgan fingerprint density at radius 3 is 2.75 bits per heavy atom. The Hall–Kier alpha value is -0.640. The van der Waals surface area contributed by atoms with Crippen molar-refractivity contribution in [3.8, 4) is 0 Å². The van der Waals surface area contributed by atoms with Crippen molar-refractivity contribution >= 4 is 27.3 Å². The van der Waals surface area contributed by atoms with Crippen LogP contribution in [0.2, 0.25) is 0 Å². The van der Waals surface area contributed by atoms with Gasteiger partial charge in [0.25, 0.3) is 0 Å². The first-order valence-corrected chi connectivity index (χ1v) is 9.04. The third kappa shape index (κ3) is 3.00. The number of hydrogen-bond acceptors (Lipinski definition) is 2. The van der Waals surface area contributed by atoms with Crippen LogP contribution in [0.3, 0.4) is 0 Å². The van der Waals surface area contributed by atoms with Crippen LogP contribution in [0.4, 0.5) is 0 Å². The Morgan fingerprint density at radius 1 is 1.30 bits per heavy atom. The van der Waals surface area contributed by atoms with Crippen molar-refractivity contribution in [2.45, 2.75) is 31.7 Å². The lowest BCUT2D eigenvalue weighted by Crippen LogP contribution is -2.24. The van der Waals surface area contributed by atoms with E-state index in [9.17, 15) is 0 Å². The van der Waals surface area contributed by atoms with Gasteiger partial charge < -0.3 is 5.32 Å². The average molecular weight is 350 g/mol. The van der Waals surface area contributed by atoms with E-state index in [1.807, 2.05) is 0 Å². The zero-order valence-corrected chi connectivity index (χ0v) is 14.1. The molecule has 3 rings (SSSR count). The topological polar surface area (TPSA) is 12.0 Å². The van der Waals surface area contributed by atoms with Crippen LogP contribution in [0.5, 0.6) is 0 Å². The van der Waals surface area contributed by atoms with E-state index in [1.165, 1.54) is 28.4 Å². The third-order valence-electron chi connectivity index (χ3n) is 4.09. The van der Waals surface area contributed by atoms with Gasteiger partial charge in [-0.05, 0) is 63.7 Å². The quantitative estimate of drug-likeness (QED) is 0.740. The highest BCUT2D eigenvalue weighted by molar-refractivity contribution is 9.10. The van der Waals surface area contributed by atoms with Crippen molar-refractivity contribution in [3.63, 3.8) is 0 Å². The van der Waals surface area contributed by atoms with Gasteiger partial charge in [0.05, 0.1) is 0 Å². The van der Waals surface area contributed by atoms with Crippen molar-refractivity contribution in [2.24, 2.45) is 5.92 Å². The maximum absolute atomic E-state index is 3.75. The molecule has 1 aliphatic rings. The Labute approximate surface area is 133 Å². The minimum absolute atomic E-state index is 0.487. The molecule has 0 radical (unpaired) electrons. The maximum Gasteiger partial charge on any atom is 0.0374 e. The molecule has 1 aromatic heterocycles. The first-order chi connectivity index (χ1) is 9.81. The van der Waals surface area contributed by atoms with Gasteiger partial charge in [0.1, 0.15) is 0 Å². The normalized spacial score (nSPS) is 22.7. The van der Waals surface area contributed by atoms with Crippen LogP contribution in [0.25, 0.3) is 0 Å². The fraction of sp³-hybridized carbons (Fsp3) is 0.412. The van der Waals surface area contributed by atoms with Crippen molar-refractivity contribution in [1.29, 1.82) is 0 Å². The molecule has 1 aliphatic carbocycles. The van der Waals surface area contributed by atoms with Crippen molar-refractivity contribution in [2.75, 3.05) is 6.54 Å². The smallest absolute Gasteiger partial charge is 0.0374 e. The molecule has 3 heteroatoms. The number of thiophene rings is 1. The van der Waals surface area contributed by atoms with Gasteiger partial charge in [-0.25, -0.2) is 0 Å². The lowest BCUT2D eigenvalue weighted by Gasteiger charge is -2.19. The van der Waals surface area contributed by atoms with Crippen molar-refractivity contribution in [1.82, 2.24) is 5.32 Å². The Bertz CT molecular complexity index is 551. The molecule has 1 nitrogen and oxygen atoms in total. The van der Waals surface area contributed by atoms with Gasteiger partial charge in [-0.2, -0.15) is 11.3 Å². The Balaban J connectivity index is 1.77. The summed E-state index contributed by atoms with van der Waals surface area (Å²) in [6, 6.07) is 11.4. The molecule has 106 valence electrons. The first-order valence-electron chi connectivity index (χ1n) is 7.31. The molecule has 0 bridgehead atoms. The summed E-state index contributed by atoms with van der Waals surface area (Å²) in [6.07, 6.45) is 2.48. The maximum atomic E-state index is 3.75. The zero-order chi connectivity index (χ0) is 13.9. The molecule has 1 N–H and O–H groups in total. The number of rotatable bonds is 6. The van der Waals surface area contributed by atoms with E-state index in [2.05, 4.69) is 69.3 Å². The average Bonchev–Trinajstić information content (AvgIpc) is 3.16. The minimum Gasteiger partial charge on any atom is -0.310 e. The molecule has 20 heavy (non-hydrogen) atoms. The van der Waals surface area contributed by atoms with Crippen LogP contribution in [0.15, 0.2) is 45.6 Å². The van der Waals surface area contributed by atoms with E-state index in [0.717, 1.165) is 18.4 Å². The molecular weight excluding hydrogens is 330 g/mol. The second-order valence-corrected chi connectivity index (χ2v) is 7.12. The van der Waals surface area contributed by atoms with Crippen LogP contribution in [-0.2, 0) is 0 Å². The van der Waals surface area contributed by atoms with E-state index in [-0.39, 0.29) is 0 Å². The summed E-state index contributed by atoms with van der Waals surface area (Å²) in [5.41, 5.74) is 2.93. The Morgan fingerprint density at radius 2 is 2.10 bits per heavy atom. The van der Waals surface area contributed by atoms with E-state index in [0.29, 0.717) is 6.04 Å². The van der Waals surface area contributed by atoms with Gasteiger partial charge in [-0.3, -0.25) is 0 Å². The van der Waals surface area contributed by atoms with Gasteiger partial charge in [0, 0.05) is 15.9 Å². The minimum atomic E-state index is 0.487. The molecule has 3 unspecified atom stereocenters. The Kier molecular flexibility index (Phi) is 4.59. The first kappa shape index (κ1) is 14.3. The molecule has 0 aliphatic heterocycles. The van der Waals surface area contributed by atoms with Gasteiger partial charge in [0.15, 0.2) is 0 Å². The summed E-state index contributed by atoms with van der Waals surface area (Å²) in [6.45, 7) is 3.32. The summed E-state index contributed by atoms with van der Waals surface area (Å²) in [5.74, 6) is 1.45. The zero-order valence-electron chi connectivity index (χ0n) is 11.7. The third-order valence-corrected chi connectivity index (χ3v) is 5.84. The number of nitrogens with one attached hydrogen (secondary N) is 1. The van der Waals surface area contributed by atoms with Gasteiger partial charge in [0.2, 0.25) is 0 Å². The predicted octanol–water partition coefficient (Wildman–Crippen LogP) is 5.36. The second-order valence-electron chi connectivity index (χ2n) is 5.52. The number of halogens is 1. The van der Waals surface area contributed by atoms with Crippen LogP contribution in [0, 0.1) is 5.92 Å². The van der Waals surface area contributed by atoms with E-state index in [4.69, 9.17) is 0 Å².